The maximum Gasteiger partial charge on any atom is 0.306 e. The lowest BCUT2D eigenvalue weighted by Crippen LogP contribution is -2.30. The standard InChI is InChI=1S/C71H138O6/c1-6-9-10-11-12-13-14-15-24-31-36-41-46-51-56-61-69(72)75-64-68(77-71(74)63-58-53-48-43-38-33-28-23-19-17-21-26-30-35-40-45-50-55-60-67(5)8-3)65-76-70(73)62-57-52-47-42-37-32-27-22-18-16-20-25-29-34-39-44-49-54-59-66(4)7-2/h66-68H,6-65H2,1-5H3/t66?,67?,68-/m1/s1. The summed E-state index contributed by atoms with van der Waals surface area (Å²) in [5.74, 6) is 0.995. The van der Waals surface area contributed by atoms with Crippen molar-refractivity contribution in [2.75, 3.05) is 13.2 Å². The SMILES string of the molecule is CCCCCCCCCCCCCCCCCC(=O)OC[C@H](COC(=O)CCCCCCCCCCCCCCCCCCCCC(C)CC)OC(=O)CCCCCCCCCCCCCCCCCCCCC(C)CC. The maximum atomic E-state index is 13.0. The molecule has 0 fully saturated rings. The summed E-state index contributed by atoms with van der Waals surface area (Å²) in [5.41, 5.74) is 0. The predicted molar refractivity (Wildman–Crippen MR) is 335 cm³/mol. The molecule has 77 heavy (non-hydrogen) atoms. The van der Waals surface area contributed by atoms with Gasteiger partial charge in [-0.05, 0) is 31.1 Å². The fourth-order valence-corrected chi connectivity index (χ4v) is 11.1. The lowest BCUT2D eigenvalue weighted by Gasteiger charge is -2.18. The molecule has 0 saturated carbocycles. The first-order valence-electron chi connectivity index (χ1n) is 35.3. The Morgan fingerprint density at radius 1 is 0.260 bits per heavy atom. The fourth-order valence-electron chi connectivity index (χ4n) is 11.1. The third-order valence-electron chi connectivity index (χ3n) is 17.2. The van der Waals surface area contributed by atoms with E-state index in [2.05, 4.69) is 34.6 Å². The van der Waals surface area contributed by atoms with Gasteiger partial charge >= 0.3 is 17.9 Å². The van der Waals surface area contributed by atoms with Gasteiger partial charge in [0.25, 0.3) is 0 Å². The lowest BCUT2D eigenvalue weighted by atomic mass is 9.99. The van der Waals surface area contributed by atoms with Crippen LogP contribution in [0.5, 0.6) is 0 Å². The monoisotopic (exact) mass is 1090 g/mol. The topological polar surface area (TPSA) is 78.9 Å². The highest BCUT2D eigenvalue weighted by atomic mass is 16.6. The largest absolute Gasteiger partial charge is 0.462 e. The van der Waals surface area contributed by atoms with Gasteiger partial charge in [0.05, 0.1) is 0 Å². The van der Waals surface area contributed by atoms with E-state index in [0.717, 1.165) is 69.6 Å². The van der Waals surface area contributed by atoms with Gasteiger partial charge in [0, 0.05) is 19.3 Å². The minimum atomic E-state index is -0.764. The maximum absolute atomic E-state index is 13.0. The number of ether oxygens (including phenoxy) is 3. The van der Waals surface area contributed by atoms with Crippen LogP contribution >= 0.6 is 0 Å². The number of carbonyl (C=O) groups is 3. The van der Waals surface area contributed by atoms with Crippen molar-refractivity contribution in [3.63, 3.8) is 0 Å². The molecule has 0 heterocycles. The molecule has 0 aromatic heterocycles. The summed E-state index contributed by atoms with van der Waals surface area (Å²) in [6.45, 7) is 11.6. The molecular formula is C71H138O6. The first-order valence-corrected chi connectivity index (χ1v) is 35.3. The van der Waals surface area contributed by atoms with E-state index < -0.39 is 6.10 Å². The third kappa shape index (κ3) is 61.9. The zero-order valence-corrected chi connectivity index (χ0v) is 53.1. The Kier molecular flexibility index (Phi) is 62.3. The van der Waals surface area contributed by atoms with Crippen LogP contribution in [0.4, 0.5) is 0 Å². The van der Waals surface area contributed by atoms with Crippen molar-refractivity contribution < 1.29 is 28.6 Å². The predicted octanol–water partition coefficient (Wildman–Crippen LogP) is 23.9. The molecule has 0 N–H and O–H groups in total. The second kappa shape index (κ2) is 63.6. The number of unbranched alkanes of at least 4 members (excludes halogenated alkanes) is 48. The Balaban J connectivity index is 4.25. The smallest absolute Gasteiger partial charge is 0.306 e. The minimum absolute atomic E-state index is 0.0611. The summed E-state index contributed by atoms with van der Waals surface area (Å²) < 4.78 is 17.0. The van der Waals surface area contributed by atoms with E-state index in [-0.39, 0.29) is 31.1 Å². The molecule has 0 spiro atoms. The molecule has 6 nitrogen and oxygen atoms in total. The third-order valence-corrected chi connectivity index (χ3v) is 17.2. The average Bonchev–Trinajstić information content (AvgIpc) is 3.43. The molecule has 0 aromatic rings. The van der Waals surface area contributed by atoms with Crippen molar-refractivity contribution in [1.29, 1.82) is 0 Å². The highest BCUT2D eigenvalue weighted by Crippen LogP contribution is 2.20. The first kappa shape index (κ1) is 75.4. The highest BCUT2D eigenvalue weighted by molar-refractivity contribution is 5.71. The molecule has 0 aromatic carbocycles. The number of carbonyl (C=O) groups excluding carboxylic acids is 3. The first-order chi connectivity index (χ1) is 37.8. The molecule has 458 valence electrons. The molecule has 3 atom stereocenters. The second-order valence-corrected chi connectivity index (χ2v) is 25.0. The van der Waals surface area contributed by atoms with Crippen LogP contribution < -0.4 is 0 Å². The Hall–Kier alpha value is -1.59. The van der Waals surface area contributed by atoms with Crippen molar-refractivity contribution in [1.82, 2.24) is 0 Å². The number of rotatable bonds is 65. The molecule has 0 aliphatic carbocycles. The Morgan fingerprint density at radius 3 is 0.675 bits per heavy atom. The van der Waals surface area contributed by atoms with Gasteiger partial charge in [-0.25, -0.2) is 0 Å². The molecule has 0 amide bonds. The number of hydrogen-bond acceptors (Lipinski definition) is 6. The van der Waals surface area contributed by atoms with Crippen LogP contribution in [0.1, 0.15) is 407 Å². The molecule has 0 bridgehead atoms. The van der Waals surface area contributed by atoms with Crippen molar-refractivity contribution >= 4 is 17.9 Å². The van der Waals surface area contributed by atoms with Gasteiger partial charge in [-0.15, -0.1) is 0 Å². The molecule has 0 aliphatic heterocycles. The van der Waals surface area contributed by atoms with E-state index in [9.17, 15) is 14.4 Å². The van der Waals surface area contributed by atoms with Crippen molar-refractivity contribution in [3.8, 4) is 0 Å². The quantitative estimate of drug-likeness (QED) is 0.0343. The molecule has 0 saturated heterocycles. The number of esters is 3. The second-order valence-electron chi connectivity index (χ2n) is 25.0. The van der Waals surface area contributed by atoms with E-state index in [1.807, 2.05) is 0 Å². The van der Waals surface area contributed by atoms with Gasteiger partial charge in [-0.3, -0.25) is 14.4 Å². The minimum Gasteiger partial charge on any atom is -0.462 e. The Morgan fingerprint density at radius 2 is 0.455 bits per heavy atom. The molecular weight excluding hydrogens is 949 g/mol. The van der Waals surface area contributed by atoms with Gasteiger partial charge in [-0.2, -0.15) is 0 Å². The van der Waals surface area contributed by atoms with Crippen LogP contribution in [-0.4, -0.2) is 37.2 Å². The van der Waals surface area contributed by atoms with E-state index in [1.54, 1.807) is 0 Å². The van der Waals surface area contributed by atoms with Crippen molar-refractivity contribution in [2.24, 2.45) is 11.8 Å². The van der Waals surface area contributed by atoms with Crippen LogP contribution in [0.25, 0.3) is 0 Å². The summed E-state index contributed by atoms with van der Waals surface area (Å²) in [4.78, 5) is 38.4. The van der Waals surface area contributed by atoms with Crippen LogP contribution in [0.2, 0.25) is 0 Å². The molecule has 0 aliphatic rings. The number of hydrogen-bond donors (Lipinski definition) is 0. The molecule has 0 rings (SSSR count). The zero-order chi connectivity index (χ0) is 56.0. The van der Waals surface area contributed by atoms with E-state index in [1.165, 1.54) is 295 Å². The van der Waals surface area contributed by atoms with Crippen molar-refractivity contribution in [2.45, 2.75) is 413 Å². The molecule has 2 unspecified atom stereocenters. The normalized spacial score (nSPS) is 12.7. The van der Waals surface area contributed by atoms with Crippen LogP contribution in [0, 0.1) is 11.8 Å². The van der Waals surface area contributed by atoms with E-state index in [4.69, 9.17) is 14.2 Å². The lowest BCUT2D eigenvalue weighted by molar-refractivity contribution is -0.167. The van der Waals surface area contributed by atoms with Crippen LogP contribution in [-0.2, 0) is 28.6 Å². The van der Waals surface area contributed by atoms with E-state index >= 15 is 0 Å². The summed E-state index contributed by atoms with van der Waals surface area (Å²) in [5, 5.41) is 0. The summed E-state index contributed by atoms with van der Waals surface area (Å²) >= 11 is 0. The highest BCUT2D eigenvalue weighted by Gasteiger charge is 2.20. The van der Waals surface area contributed by atoms with E-state index in [0.29, 0.717) is 19.3 Å². The molecule has 6 heteroatoms. The Bertz CT molecular complexity index is 1190. The summed E-state index contributed by atoms with van der Waals surface area (Å²) in [6.07, 6.45) is 72.5. The van der Waals surface area contributed by atoms with Crippen LogP contribution in [0.3, 0.4) is 0 Å². The average molecular weight is 1090 g/mol. The van der Waals surface area contributed by atoms with Crippen LogP contribution in [0.15, 0.2) is 0 Å². The Labute approximate surface area is 482 Å². The molecule has 0 radical (unpaired) electrons. The summed E-state index contributed by atoms with van der Waals surface area (Å²) in [6, 6.07) is 0. The zero-order valence-electron chi connectivity index (χ0n) is 53.1. The van der Waals surface area contributed by atoms with Crippen molar-refractivity contribution in [3.05, 3.63) is 0 Å². The van der Waals surface area contributed by atoms with Gasteiger partial charge in [0.15, 0.2) is 6.10 Å². The van der Waals surface area contributed by atoms with Gasteiger partial charge in [0.1, 0.15) is 13.2 Å². The summed E-state index contributed by atoms with van der Waals surface area (Å²) in [7, 11) is 0. The van der Waals surface area contributed by atoms with Gasteiger partial charge < -0.3 is 14.2 Å². The van der Waals surface area contributed by atoms with Gasteiger partial charge in [0.2, 0.25) is 0 Å². The fraction of sp³-hybridized carbons (Fsp3) is 0.958. The van der Waals surface area contributed by atoms with Gasteiger partial charge in [-0.1, -0.05) is 369 Å².